The fourth-order valence-corrected chi connectivity index (χ4v) is 3.13. The maximum absolute atomic E-state index is 11.0. The minimum atomic E-state index is -0.328. The Kier molecular flexibility index (Phi) is 5.11. The van der Waals surface area contributed by atoms with E-state index in [1.165, 1.54) is 0 Å². The van der Waals surface area contributed by atoms with E-state index in [9.17, 15) is 10.1 Å². The van der Waals surface area contributed by atoms with Gasteiger partial charge in [0.05, 0.1) is 9.26 Å². The summed E-state index contributed by atoms with van der Waals surface area (Å²) >= 11 is 7.47. The molecule has 0 spiro atoms. The first-order chi connectivity index (χ1) is 9.60. The van der Waals surface area contributed by atoms with Gasteiger partial charge in [-0.2, -0.15) is 0 Å². The number of halogens is 1. The third-order valence-electron chi connectivity index (χ3n) is 3.04. The molecule has 0 bridgehead atoms. The van der Waals surface area contributed by atoms with Crippen LogP contribution >= 0.6 is 22.9 Å². The molecule has 1 aromatic carbocycles. The molecule has 0 saturated carbocycles. The molecule has 20 heavy (non-hydrogen) atoms. The van der Waals surface area contributed by atoms with Gasteiger partial charge in [0.25, 0.3) is 5.69 Å². The van der Waals surface area contributed by atoms with Crippen molar-refractivity contribution in [2.24, 2.45) is 0 Å². The van der Waals surface area contributed by atoms with Gasteiger partial charge in [-0.25, -0.2) is 0 Å². The summed E-state index contributed by atoms with van der Waals surface area (Å²) in [7, 11) is 0. The summed E-state index contributed by atoms with van der Waals surface area (Å²) in [5.74, 6) is 0. The molecule has 6 heteroatoms. The number of nitro groups is 1. The lowest BCUT2D eigenvalue weighted by Crippen LogP contribution is -2.22. The van der Waals surface area contributed by atoms with E-state index in [4.69, 9.17) is 11.6 Å². The average molecular weight is 311 g/mol. The zero-order chi connectivity index (χ0) is 14.5. The summed E-state index contributed by atoms with van der Waals surface area (Å²) in [4.78, 5) is 14.0. The van der Waals surface area contributed by atoms with Gasteiger partial charge < -0.3 is 0 Å². The van der Waals surface area contributed by atoms with Crippen molar-refractivity contribution < 1.29 is 4.92 Å². The number of rotatable bonds is 6. The molecule has 0 aliphatic heterocycles. The second-order valence-corrected chi connectivity index (χ2v) is 6.19. The van der Waals surface area contributed by atoms with Crippen molar-refractivity contribution in [3.05, 3.63) is 61.3 Å². The number of nitrogens with zero attached hydrogens (tertiary/aromatic N) is 2. The third kappa shape index (κ3) is 3.79. The summed E-state index contributed by atoms with van der Waals surface area (Å²) in [6.07, 6.45) is 0. The molecule has 0 aliphatic rings. The van der Waals surface area contributed by atoms with Crippen molar-refractivity contribution in [1.82, 2.24) is 4.90 Å². The van der Waals surface area contributed by atoms with Crippen LogP contribution < -0.4 is 0 Å². The largest absolute Gasteiger partial charge is 0.294 e. The van der Waals surface area contributed by atoms with Crippen LogP contribution in [-0.2, 0) is 13.1 Å². The Morgan fingerprint density at radius 1 is 1.25 bits per heavy atom. The van der Waals surface area contributed by atoms with Crippen molar-refractivity contribution in [3.63, 3.8) is 0 Å². The Labute approximate surface area is 126 Å². The Hall–Kier alpha value is -1.43. The van der Waals surface area contributed by atoms with E-state index in [2.05, 4.69) is 4.90 Å². The van der Waals surface area contributed by atoms with Gasteiger partial charge in [0.2, 0.25) is 0 Å². The van der Waals surface area contributed by atoms with Crippen LogP contribution in [0.1, 0.15) is 17.4 Å². The minimum absolute atomic E-state index is 0.176. The molecular formula is C14H15ClN2O2S. The standard InChI is InChI=1S/C14H15ClN2O2S/c1-2-16(10-12-7-8-14(15)20-12)9-11-5-3-4-6-13(11)17(18)19/h3-8H,2,9-10H2,1H3. The summed E-state index contributed by atoms with van der Waals surface area (Å²) < 4.78 is 0.766. The van der Waals surface area contributed by atoms with E-state index < -0.39 is 0 Å². The predicted octanol–water partition coefficient (Wildman–Crippen LogP) is 4.33. The van der Waals surface area contributed by atoms with Crippen molar-refractivity contribution in [2.45, 2.75) is 20.0 Å². The maximum Gasteiger partial charge on any atom is 0.273 e. The summed E-state index contributed by atoms with van der Waals surface area (Å²) in [6, 6.07) is 10.7. The maximum atomic E-state index is 11.0. The molecule has 0 fully saturated rings. The molecule has 1 aromatic heterocycles. The van der Waals surface area contributed by atoms with Gasteiger partial charge in [-0.05, 0) is 18.7 Å². The van der Waals surface area contributed by atoms with E-state index in [-0.39, 0.29) is 10.6 Å². The van der Waals surface area contributed by atoms with Crippen LogP contribution in [0.2, 0.25) is 4.34 Å². The van der Waals surface area contributed by atoms with Gasteiger partial charge in [-0.3, -0.25) is 15.0 Å². The molecular weight excluding hydrogens is 296 g/mol. The molecule has 106 valence electrons. The van der Waals surface area contributed by atoms with Crippen molar-refractivity contribution >= 4 is 28.6 Å². The zero-order valence-electron chi connectivity index (χ0n) is 11.1. The van der Waals surface area contributed by atoms with Crippen LogP contribution in [0.25, 0.3) is 0 Å². The first-order valence-corrected chi connectivity index (χ1v) is 7.48. The lowest BCUT2D eigenvalue weighted by molar-refractivity contribution is -0.385. The molecule has 2 aromatic rings. The molecule has 0 amide bonds. The van der Waals surface area contributed by atoms with Crippen LogP contribution in [0.4, 0.5) is 5.69 Å². The average Bonchev–Trinajstić information content (AvgIpc) is 2.83. The number of hydrogen-bond donors (Lipinski definition) is 0. The Morgan fingerprint density at radius 2 is 2.00 bits per heavy atom. The highest BCUT2D eigenvalue weighted by atomic mass is 35.5. The Bertz CT molecular complexity index is 600. The molecule has 0 radical (unpaired) electrons. The van der Waals surface area contributed by atoms with Crippen LogP contribution in [0.3, 0.4) is 0 Å². The minimum Gasteiger partial charge on any atom is -0.294 e. The van der Waals surface area contributed by atoms with Crippen molar-refractivity contribution in [1.29, 1.82) is 0 Å². The van der Waals surface area contributed by atoms with Crippen LogP contribution in [0, 0.1) is 10.1 Å². The van der Waals surface area contributed by atoms with Gasteiger partial charge in [-0.1, -0.05) is 36.7 Å². The van der Waals surface area contributed by atoms with E-state index in [1.807, 2.05) is 31.2 Å². The highest BCUT2D eigenvalue weighted by Gasteiger charge is 2.15. The molecule has 0 N–H and O–H groups in total. The lowest BCUT2D eigenvalue weighted by Gasteiger charge is -2.19. The zero-order valence-corrected chi connectivity index (χ0v) is 12.7. The quantitative estimate of drug-likeness (QED) is 0.589. The summed E-state index contributed by atoms with van der Waals surface area (Å²) in [6.45, 7) is 4.18. The highest BCUT2D eigenvalue weighted by molar-refractivity contribution is 7.16. The molecule has 2 rings (SSSR count). The molecule has 0 unspecified atom stereocenters. The SMILES string of the molecule is CCN(Cc1ccc(Cl)s1)Cc1ccccc1[N+](=O)[O-]. The second-order valence-electron chi connectivity index (χ2n) is 4.39. The van der Waals surface area contributed by atoms with E-state index in [0.717, 1.165) is 27.9 Å². The summed E-state index contributed by atoms with van der Waals surface area (Å²) in [5, 5.41) is 11.0. The van der Waals surface area contributed by atoms with Crippen molar-refractivity contribution in [3.8, 4) is 0 Å². The van der Waals surface area contributed by atoms with Crippen LogP contribution in [0.15, 0.2) is 36.4 Å². The van der Waals surface area contributed by atoms with Crippen LogP contribution in [0.5, 0.6) is 0 Å². The molecule has 4 nitrogen and oxygen atoms in total. The van der Waals surface area contributed by atoms with Gasteiger partial charge in [0, 0.05) is 29.6 Å². The second kappa shape index (κ2) is 6.83. The van der Waals surface area contributed by atoms with Gasteiger partial charge in [0.1, 0.15) is 0 Å². The third-order valence-corrected chi connectivity index (χ3v) is 4.25. The first-order valence-electron chi connectivity index (χ1n) is 6.29. The van der Waals surface area contributed by atoms with Crippen LogP contribution in [-0.4, -0.2) is 16.4 Å². The van der Waals surface area contributed by atoms with Crippen molar-refractivity contribution in [2.75, 3.05) is 6.54 Å². The lowest BCUT2D eigenvalue weighted by atomic mass is 10.1. The predicted molar refractivity (Wildman–Crippen MR) is 82.2 cm³/mol. The number of benzene rings is 1. The Morgan fingerprint density at radius 3 is 2.60 bits per heavy atom. The van der Waals surface area contributed by atoms with E-state index >= 15 is 0 Å². The number of hydrogen-bond acceptors (Lipinski definition) is 4. The van der Waals surface area contributed by atoms with Gasteiger partial charge >= 0.3 is 0 Å². The fraction of sp³-hybridized carbons (Fsp3) is 0.286. The van der Waals surface area contributed by atoms with E-state index in [0.29, 0.717) is 6.54 Å². The topological polar surface area (TPSA) is 46.4 Å². The normalized spacial score (nSPS) is 10.9. The monoisotopic (exact) mass is 310 g/mol. The van der Waals surface area contributed by atoms with E-state index in [1.54, 1.807) is 23.5 Å². The Balaban J connectivity index is 2.12. The molecule has 0 saturated heterocycles. The smallest absolute Gasteiger partial charge is 0.273 e. The molecule has 0 atom stereocenters. The number of thiophene rings is 1. The van der Waals surface area contributed by atoms with Gasteiger partial charge in [0.15, 0.2) is 0 Å². The fourth-order valence-electron chi connectivity index (χ4n) is 2.00. The first kappa shape index (κ1) is 15.0. The summed E-state index contributed by atoms with van der Waals surface area (Å²) in [5.41, 5.74) is 0.914. The highest BCUT2D eigenvalue weighted by Crippen LogP contribution is 2.24. The number of para-hydroxylation sites is 1. The molecule has 1 heterocycles. The van der Waals surface area contributed by atoms with Gasteiger partial charge in [-0.15, -0.1) is 11.3 Å². The molecule has 0 aliphatic carbocycles. The number of nitro benzene ring substituents is 1.